The second-order valence-corrected chi connectivity index (χ2v) is 7.97. The normalized spacial score (nSPS) is 10.7. The molecule has 1 amide bonds. The average Bonchev–Trinajstić information content (AvgIpc) is 3.11. The van der Waals surface area contributed by atoms with E-state index in [-0.39, 0.29) is 12.5 Å². The summed E-state index contributed by atoms with van der Waals surface area (Å²) in [4.78, 5) is 12.7. The maximum atomic E-state index is 12.7. The zero-order chi connectivity index (χ0) is 22.7. The van der Waals surface area contributed by atoms with Crippen LogP contribution >= 0.6 is 23.8 Å². The van der Waals surface area contributed by atoms with Gasteiger partial charge in [0.1, 0.15) is 12.3 Å². The fraction of sp³-hybridized carbons (Fsp3) is 0.125. The molecule has 6 nitrogen and oxygen atoms in total. The number of rotatable bonds is 6. The van der Waals surface area contributed by atoms with Crippen molar-refractivity contribution in [1.82, 2.24) is 14.3 Å². The van der Waals surface area contributed by atoms with Crippen LogP contribution in [0.5, 0.6) is 5.75 Å². The van der Waals surface area contributed by atoms with Gasteiger partial charge in [0.2, 0.25) is 10.7 Å². The molecule has 4 rings (SSSR count). The first-order valence-corrected chi connectivity index (χ1v) is 10.7. The van der Waals surface area contributed by atoms with Gasteiger partial charge in [-0.2, -0.15) is 5.10 Å². The molecule has 0 spiro atoms. The molecule has 0 bridgehead atoms. The van der Waals surface area contributed by atoms with E-state index in [0.717, 1.165) is 22.6 Å². The number of methoxy groups -OCH3 is 1. The van der Waals surface area contributed by atoms with Crippen LogP contribution in [-0.4, -0.2) is 27.4 Å². The van der Waals surface area contributed by atoms with Gasteiger partial charge >= 0.3 is 0 Å². The molecular formula is C24H21ClN4O2S. The Labute approximate surface area is 196 Å². The number of anilines is 1. The number of carbonyl (C=O) groups excluding carboxylic acids is 1. The minimum atomic E-state index is -0.233. The lowest BCUT2D eigenvalue weighted by atomic mass is 10.1. The van der Waals surface area contributed by atoms with E-state index in [4.69, 9.17) is 28.6 Å². The molecule has 1 aromatic heterocycles. The van der Waals surface area contributed by atoms with Crippen molar-refractivity contribution in [3.63, 3.8) is 0 Å². The molecule has 0 saturated carbocycles. The van der Waals surface area contributed by atoms with Crippen molar-refractivity contribution in [3.8, 4) is 22.8 Å². The van der Waals surface area contributed by atoms with Gasteiger partial charge in [-0.1, -0.05) is 29.8 Å². The Morgan fingerprint density at radius 2 is 1.75 bits per heavy atom. The fourth-order valence-electron chi connectivity index (χ4n) is 3.34. The quantitative estimate of drug-likeness (QED) is 0.373. The van der Waals surface area contributed by atoms with E-state index in [0.29, 0.717) is 21.3 Å². The summed E-state index contributed by atoms with van der Waals surface area (Å²) in [6.07, 6.45) is 0. The van der Waals surface area contributed by atoms with E-state index >= 15 is 0 Å². The largest absolute Gasteiger partial charge is 0.497 e. The van der Waals surface area contributed by atoms with E-state index in [1.165, 1.54) is 4.68 Å². The monoisotopic (exact) mass is 464 g/mol. The Hall–Kier alpha value is -3.42. The molecule has 0 radical (unpaired) electrons. The van der Waals surface area contributed by atoms with Gasteiger partial charge in [-0.05, 0) is 79.3 Å². The summed E-state index contributed by atoms with van der Waals surface area (Å²) in [6.45, 7) is 1.99. The number of aryl methyl sites for hydroxylation is 1. The molecule has 1 heterocycles. The highest BCUT2D eigenvalue weighted by Gasteiger charge is 2.17. The summed E-state index contributed by atoms with van der Waals surface area (Å²) in [7, 11) is 1.60. The van der Waals surface area contributed by atoms with Crippen LogP contribution in [0.15, 0.2) is 72.8 Å². The first kappa shape index (κ1) is 21.8. The highest BCUT2D eigenvalue weighted by molar-refractivity contribution is 7.71. The third kappa shape index (κ3) is 4.59. The van der Waals surface area contributed by atoms with Gasteiger partial charge in [-0.3, -0.25) is 9.36 Å². The number of nitrogens with zero attached hydrogens (tertiary/aromatic N) is 3. The van der Waals surface area contributed by atoms with Crippen molar-refractivity contribution < 1.29 is 9.53 Å². The van der Waals surface area contributed by atoms with Crippen LogP contribution in [0.3, 0.4) is 0 Å². The summed E-state index contributed by atoms with van der Waals surface area (Å²) in [5.74, 6) is 1.12. The Balaban J connectivity index is 1.70. The van der Waals surface area contributed by atoms with E-state index in [2.05, 4.69) is 10.4 Å². The van der Waals surface area contributed by atoms with Crippen LogP contribution in [0.1, 0.15) is 5.56 Å². The molecule has 0 aliphatic carbocycles. The van der Waals surface area contributed by atoms with Crippen molar-refractivity contribution in [2.75, 3.05) is 12.4 Å². The molecule has 32 heavy (non-hydrogen) atoms. The van der Waals surface area contributed by atoms with Crippen LogP contribution in [0.2, 0.25) is 5.02 Å². The van der Waals surface area contributed by atoms with Gasteiger partial charge in [0.05, 0.1) is 12.8 Å². The summed E-state index contributed by atoms with van der Waals surface area (Å²) in [6, 6.07) is 22.4. The molecule has 1 N–H and O–H groups in total. The SMILES string of the molecule is COc1ccc(NC(=O)Cn2nc(-c3ccc(Cl)cc3)n(-c3ccccc3C)c2=S)cc1. The van der Waals surface area contributed by atoms with Crippen LogP contribution < -0.4 is 10.1 Å². The topological polar surface area (TPSA) is 61.1 Å². The zero-order valence-corrected chi connectivity index (χ0v) is 19.2. The van der Waals surface area contributed by atoms with Crippen molar-refractivity contribution in [3.05, 3.63) is 88.2 Å². The highest BCUT2D eigenvalue weighted by Crippen LogP contribution is 2.26. The number of aromatic nitrogens is 3. The van der Waals surface area contributed by atoms with Crippen LogP contribution in [0.25, 0.3) is 17.1 Å². The Kier molecular flexibility index (Phi) is 6.39. The molecule has 0 saturated heterocycles. The molecule has 0 aliphatic rings. The van der Waals surface area contributed by atoms with Crippen molar-refractivity contribution >= 4 is 35.4 Å². The second-order valence-electron chi connectivity index (χ2n) is 7.17. The molecule has 0 unspecified atom stereocenters. The lowest BCUT2D eigenvalue weighted by Crippen LogP contribution is -2.19. The molecule has 3 aromatic carbocycles. The zero-order valence-electron chi connectivity index (χ0n) is 17.6. The predicted octanol–water partition coefficient (Wildman–Crippen LogP) is 5.68. The van der Waals surface area contributed by atoms with Crippen molar-refractivity contribution in [1.29, 1.82) is 0 Å². The number of carbonyl (C=O) groups is 1. The number of ether oxygens (including phenoxy) is 1. The second kappa shape index (κ2) is 9.38. The Bertz CT molecular complexity index is 1310. The Morgan fingerprint density at radius 1 is 1.06 bits per heavy atom. The number of hydrogen-bond donors (Lipinski definition) is 1. The standard InChI is InChI=1S/C24H21ClN4O2S/c1-16-5-3-4-6-21(16)29-23(17-7-9-18(25)10-8-17)27-28(24(29)32)15-22(30)26-19-11-13-20(31-2)14-12-19/h3-14H,15H2,1-2H3,(H,26,30). The van der Waals surface area contributed by atoms with E-state index in [9.17, 15) is 4.79 Å². The summed E-state index contributed by atoms with van der Waals surface area (Å²) in [5, 5.41) is 8.19. The lowest BCUT2D eigenvalue weighted by Gasteiger charge is -2.10. The summed E-state index contributed by atoms with van der Waals surface area (Å²) >= 11 is 11.8. The molecule has 162 valence electrons. The molecule has 8 heteroatoms. The van der Waals surface area contributed by atoms with E-state index in [1.807, 2.05) is 47.9 Å². The van der Waals surface area contributed by atoms with Gasteiger partial charge < -0.3 is 10.1 Å². The molecule has 4 aromatic rings. The van der Waals surface area contributed by atoms with Crippen molar-refractivity contribution in [2.45, 2.75) is 13.5 Å². The third-order valence-electron chi connectivity index (χ3n) is 4.97. The maximum Gasteiger partial charge on any atom is 0.246 e. The number of hydrogen-bond acceptors (Lipinski definition) is 4. The third-order valence-corrected chi connectivity index (χ3v) is 5.61. The van der Waals surface area contributed by atoms with E-state index in [1.54, 1.807) is 43.5 Å². The molecular weight excluding hydrogens is 444 g/mol. The number of nitrogens with one attached hydrogen (secondary N) is 1. The van der Waals surface area contributed by atoms with Gasteiger partial charge in [0.25, 0.3) is 0 Å². The smallest absolute Gasteiger partial charge is 0.246 e. The minimum Gasteiger partial charge on any atom is -0.497 e. The fourth-order valence-corrected chi connectivity index (χ4v) is 3.76. The number of halogens is 1. The van der Waals surface area contributed by atoms with Gasteiger partial charge in [0.15, 0.2) is 5.82 Å². The first-order chi connectivity index (χ1) is 15.5. The van der Waals surface area contributed by atoms with Gasteiger partial charge in [-0.25, -0.2) is 4.68 Å². The summed E-state index contributed by atoms with van der Waals surface area (Å²) < 4.78 is 8.99. The molecule has 0 fully saturated rings. The number of amides is 1. The number of para-hydroxylation sites is 1. The van der Waals surface area contributed by atoms with Crippen LogP contribution in [-0.2, 0) is 11.3 Å². The highest BCUT2D eigenvalue weighted by atomic mass is 35.5. The van der Waals surface area contributed by atoms with Gasteiger partial charge in [0, 0.05) is 16.3 Å². The van der Waals surface area contributed by atoms with Gasteiger partial charge in [-0.15, -0.1) is 0 Å². The molecule has 0 aliphatic heterocycles. The van der Waals surface area contributed by atoms with Crippen LogP contribution in [0.4, 0.5) is 5.69 Å². The average molecular weight is 465 g/mol. The summed E-state index contributed by atoms with van der Waals surface area (Å²) in [5.41, 5.74) is 3.46. The Morgan fingerprint density at radius 3 is 2.41 bits per heavy atom. The number of benzene rings is 3. The first-order valence-electron chi connectivity index (χ1n) is 9.92. The lowest BCUT2D eigenvalue weighted by molar-refractivity contribution is -0.116. The van der Waals surface area contributed by atoms with Crippen LogP contribution in [0, 0.1) is 11.7 Å². The minimum absolute atomic E-state index is 0.0235. The van der Waals surface area contributed by atoms with Crippen molar-refractivity contribution in [2.24, 2.45) is 0 Å². The van der Waals surface area contributed by atoms with E-state index < -0.39 is 0 Å². The predicted molar refractivity (Wildman–Crippen MR) is 129 cm³/mol. The molecule has 0 atom stereocenters. The maximum absolute atomic E-state index is 12.7.